The molecule has 3 atom stereocenters. The van der Waals surface area contributed by atoms with Crippen LogP contribution in [0.5, 0.6) is 5.75 Å². The fraction of sp³-hybridized carbons (Fsp3) is 0.351. The van der Waals surface area contributed by atoms with Crippen LogP contribution >= 0.6 is 17.6 Å². The first-order valence-electron chi connectivity index (χ1n) is 16.4. The van der Waals surface area contributed by atoms with E-state index in [0.29, 0.717) is 48.9 Å². The summed E-state index contributed by atoms with van der Waals surface area (Å²) in [7, 11) is -1.10. The van der Waals surface area contributed by atoms with E-state index in [1.807, 2.05) is 32.1 Å². The second kappa shape index (κ2) is 17.5. The van der Waals surface area contributed by atoms with E-state index in [9.17, 15) is 18.2 Å². The van der Waals surface area contributed by atoms with Crippen molar-refractivity contribution in [1.82, 2.24) is 4.67 Å². The minimum absolute atomic E-state index is 0.177. The van der Waals surface area contributed by atoms with E-state index in [2.05, 4.69) is 4.67 Å². The number of nitrogens with zero attached hydrogens (tertiary/aromatic N) is 1. The van der Waals surface area contributed by atoms with Crippen molar-refractivity contribution in [2.24, 2.45) is 0 Å². The average molecular weight is 758 g/mol. The molecule has 0 radical (unpaired) electrons. The van der Waals surface area contributed by atoms with Gasteiger partial charge >= 0.3 is 11.9 Å². The standard InChI is InChI=1S/C37H41FNO7PS3/c1-4-5-18-44-24-35(37(41)45-28-9-11-29(12-10-28)47(48,49)39-16-19-43-20-17-39)46-36(40)23-33-25(2)32(31-15-8-27(38)22-34(31)33)21-26-6-13-30(14-7-26)50(3)42/h6-15,21-22,35H,4-5,16-20,23-24H2,1-3H3,(H,48,49)/b32-21-. The molecular weight excluding hydrogens is 717 g/mol. The topological polar surface area (TPSA) is 91.4 Å². The van der Waals surface area contributed by atoms with Crippen LogP contribution in [-0.4, -0.2) is 72.7 Å². The van der Waals surface area contributed by atoms with Gasteiger partial charge in [0.2, 0.25) is 6.10 Å². The number of allylic oxidation sites excluding steroid dienone is 2. The zero-order valence-corrected chi connectivity index (χ0v) is 31.7. The van der Waals surface area contributed by atoms with Crippen LogP contribution in [0.15, 0.2) is 77.2 Å². The second-order valence-corrected chi connectivity index (χ2v) is 19.7. The summed E-state index contributed by atoms with van der Waals surface area (Å²) < 4.78 is 51.0. The molecule has 0 amide bonds. The van der Waals surface area contributed by atoms with Crippen LogP contribution in [0.3, 0.4) is 0 Å². The van der Waals surface area contributed by atoms with Gasteiger partial charge < -0.3 is 18.9 Å². The van der Waals surface area contributed by atoms with Crippen LogP contribution in [-0.2, 0) is 46.4 Å². The summed E-state index contributed by atoms with van der Waals surface area (Å²) in [5.41, 5.74) is 4.43. The quantitative estimate of drug-likeness (QED) is 0.0627. The van der Waals surface area contributed by atoms with Gasteiger partial charge in [0.25, 0.3) is 0 Å². The Kier molecular flexibility index (Phi) is 13.4. The van der Waals surface area contributed by atoms with Crippen molar-refractivity contribution in [2.45, 2.75) is 44.1 Å². The largest absolute Gasteiger partial charge is 0.448 e. The maximum absolute atomic E-state index is 14.5. The molecule has 3 unspecified atom stereocenters. The molecule has 0 bridgehead atoms. The Labute approximate surface area is 305 Å². The van der Waals surface area contributed by atoms with E-state index >= 15 is 0 Å². The third-order valence-electron chi connectivity index (χ3n) is 8.51. The predicted octanol–water partition coefficient (Wildman–Crippen LogP) is 6.81. The van der Waals surface area contributed by atoms with Crippen molar-refractivity contribution < 1.29 is 37.1 Å². The van der Waals surface area contributed by atoms with Gasteiger partial charge in [-0.1, -0.05) is 43.4 Å². The van der Waals surface area contributed by atoms with Crippen LogP contribution in [0, 0.1) is 5.82 Å². The number of hydrogen-bond acceptors (Lipinski definition) is 8. The zero-order chi connectivity index (χ0) is 35.8. The molecule has 0 N–H and O–H groups in total. The lowest BCUT2D eigenvalue weighted by Gasteiger charge is -2.34. The summed E-state index contributed by atoms with van der Waals surface area (Å²) in [6.45, 7) is 6.71. The molecule has 0 spiro atoms. The lowest BCUT2D eigenvalue weighted by atomic mass is 10.0. The van der Waals surface area contributed by atoms with Gasteiger partial charge in [0.05, 0.1) is 31.6 Å². The van der Waals surface area contributed by atoms with Gasteiger partial charge in [-0.25, -0.2) is 9.18 Å². The first kappa shape index (κ1) is 38.3. The van der Waals surface area contributed by atoms with Gasteiger partial charge in [0, 0.05) is 47.0 Å². The second-order valence-electron chi connectivity index (χ2n) is 12.0. The molecule has 0 saturated carbocycles. The SMILES string of the molecule is CCCCOCC(OC(=O)CC1=C(C)/C(=C/c2ccc(S(C)=O)cc2)c2ccc(F)cc21)C(=O)Oc1ccc(P(=S)(S)N2CCOCC2)cc1. The lowest BCUT2D eigenvalue weighted by Crippen LogP contribution is -2.35. The number of halogens is 1. The number of benzene rings is 3. The molecule has 13 heteroatoms. The smallest absolute Gasteiger partial charge is 0.355 e. The van der Waals surface area contributed by atoms with E-state index < -0.39 is 40.0 Å². The number of fused-ring (bicyclic) bond motifs is 1. The Morgan fingerprint density at radius 2 is 1.78 bits per heavy atom. The highest BCUT2D eigenvalue weighted by Crippen LogP contribution is 2.53. The molecule has 1 aliphatic heterocycles. The minimum Gasteiger partial charge on any atom is -0.448 e. The molecule has 50 heavy (non-hydrogen) atoms. The van der Waals surface area contributed by atoms with Gasteiger partial charge in [-0.3, -0.25) is 13.7 Å². The third kappa shape index (κ3) is 9.47. The molecule has 3 aromatic rings. The van der Waals surface area contributed by atoms with Crippen LogP contribution in [0.25, 0.3) is 17.2 Å². The molecule has 8 nitrogen and oxygen atoms in total. The van der Waals surface area contributed by atoms with E-state index in [4.69, 9.17) is 43.0 Å². The highest BCUT2D eigenvalue weighted by molar-refractivity contribution is 8.65. The van der Waals surface area contributed by atoms with Gasteiger partial charge in [-0.15, -0.1) is 12.2 Å². The first-order valence-corrected chi connectivity index (χ1v) is 21.9. The van der Waals surface area contributed by atoms with Crippen molar-refractivity contribution in [1.29, 1.82) is 0 Å². The average Bonchev–Trinajstić information content (AvgIpc) is 3.35. The van der Waals surface area contributed by atoms with E-state index in [1.165, 1.54) is 12.1 Å². The normalized spacial score (nSPS) is 18.0. The van der Waals surface area contributed by atoms with Gasteiger partial charge in [-0.2, -0.15) is 0 Å². The molecule has 2 aliphatic rings. The number of thiol groups is 1. The van der Waals surface area contributed by atoms with Crippen molar-refractivity contribution in [2.75, 3.05) is 45.8 Å². The maximum Gasteiger partial charge on any atom is 0.355 e. The maximum atomic E-state index is 14.5. The minimum atomic E-state index is -2.30. The van der Waals surface area contributed by atoms with Crippen LogP contribution in [0.4, 0.5) is 4.39 Å². The fourth-order valence-corrected chi connectivity index (χ4v) is 9.59. The molecular formula is C37H41FNO7PS3. The molecule has 1 heterocycles. The number of ether oxygens (including phenoxy) is 4. The first-order chi connectivity index (χ1) is 24.0. The van der Waals surface area contributed by atoms with Crippen LogP contribution < -0.4 is 10.0 Å². The number of unbranched alkanes of at least 4 members (excludes halogenated alkanes) is 1. The molecule has 266 valence electrons. The third-order valence-corrected chi connectivity index (χ3v) is 14.4. The number of hydrogen-bond donors (Lipinski definition) is 1. The van der Waals surface area contributed by atoms with Crippen molar-refractivity contribution in [3.8, 4) is 5.75 Å². The Morgan fingerprint density at radius 3 is 2.44 bits per heavy atom. The van der Waals surface area contributed by atoms with Gasteiger partial charge in [-0.05, 0) is 101 Å². The van der Waals surface area contributed by atoms with Crippen LogP contribution in [0.1, 0.15) is 49.8 Å². The molecule has 1 saturated heterocycles. The van der Waals surface area contributed by atoms with E-state index in [0.717, 1.165) is 40.4 Å². The lowest BCUT2D eigenvalue weighted by molar-refractivity contribution is -0.165. The number of rotatable bonds is 14. The summed E-state index contributed by atoms with van der Waals surface area (Å²) in [4.78, 5) is 27.6. The fourth-order valence-electron chi connectivity index (χ4n) is 5.71. The molecule has 5 rings (SSSR count). The molecule has 1 fully saturated rings. The number of carbonyl (C=O) groups is 2. The number of carbonyl (C=O) groups excluding carboxylic acids is 2. The summed E-state index contributed by atoms with van der Waals surface area (Å²) >= 11 is 10.7. The molecule has 0 aromatic heterocycles. The number of esters is 2. The predicted molar refractivity (Wildman–Crippen MR) is 203 cm³/mol. The summed E-state index contributed by atoms with van der Waals surface area (Å²) in [5.74, 6) is -1.62. The van der Waals surface area contributed by atoms with E-state index in [-0.39, 0.29) is 18.8 Å². The van der Waals surface area contributed by atoms with Crippen molar-refractivity contribution in [3.63, 3.8) is 0 Å². The highest BCUT2D eigenvalue weighted by Gasteiger charge is 2.31. The summed E-state index contributed by atoms with van der Waals surface area (Å²) in [6.07, 6.45) is 3.72. The molecule has 1 aliphatic carbocycles. The zero-order valence-electron chi connectivity index (χ0n) is 28.3. The Balaban J connectivity index is 1.32. The monoisotopic (exact) mass is 757 g/mol. The van der Waals surface area contributed by atoms with Crippen LogP contribution in [0.2, 0.25) is 0 Å². The summed E-state index contributed by atoms with van der Waals surface area (Å²) in [6, 6.07) is 18.7. The Hall–Kier alpha value is -2.96. The van der Waals surface area contributed by atoms with Crippen molar-refractivity contribution >= 4 is 74.7 Å². The Morgan fingerprint density at radius 1 is 1.08 bits per heavy atom. The summed E-state index contributed by atoms with van der Waals surface area (Å²) in [5, 5.41) is -1.44. The number of morpholine rings is 1. The van der Waals surface area contributed by atoms with Crippen molar-refractivity contribution in [3.05, 3.63) is 94.8 Å². The Bertz CT molecular complexity index is 1840. The van der Waals surface area contributed by atoms with Gasteiger partial charge in [0.1, 0.15) is 11.6 Å². The molecule has 3 aromatic carbocycles. The highest BCUT2D eigenvalue weighted by atomic mass is 32.9. The van der Waals surface area contributed by atoms with Gasteiger partial charge in [0.15, 0.2) is 0 Å². The van der Waals surface area contributed by atoms with E-state index in [1.54, 1.807) is 48.7 Å².